The Morgan fingerprint density at radius 2 is 0.750 bits per heavy atom. The highest BCUT2D eigenvalue weighted by Gasteiger charge is 2.64. The number of hydrogen-bond acceptors (Lipinski definition) is 7. The second kappa shape index (κ2) is 22.2. The number of carbonyl (C=O) groups excluding carboxylic acids is 1. The Morgan fingerprint density at radius 1 is 0.485 bits per heavy atom. The van der Waals surface area contributed by atoms with Gasteiger partial charge >= 0.3 is 0 Å². The zero-order chi connectivity index (χ0) is 49.3. The highest BCUT2D eigenvalue weighted by atomic mass is 32.2. The summed E-state index contributed by atoms with van der Waals surface area (Å²) in [5.41, 5.74) is -1.22. The smallest absolute Gasteiger partial charge is 0.200 e. The van der Waals surface area contributed by atoms with Crippen LogP contribution in [0.2, 0.25) is 0 Å². The van der Waals surface area contributed by atoms with Crippen molar-refractivity contribution in [3.63, 3.8) is 0 Å². The second-order valence-electron chi connectivity index (χ2n) is 16.2. The van der Waals surface area contributed by atoms with Crippen LogP contribution >= 0.6 is 0 Å². The number of hydrogen-bond donors (Lipinski definition) is 0. The molecule has 16 heteroatoms. The highest BCUT2D eigenvalue weighted by Crippen LogP contribution is 2.64. The van der Waals surface area contributed by atoms with Crippen LogP contribution in [0.4, 0.5) is 22.0 Å². The van der Waals surface area contributed by atoms with Gasteiger partial charge in [0.15, 0.2) is 52.6 Å². The number of rotatable bonds is 9. The van der Waals surface area contributed by atoms with E-state index >= 15 is 0 Å². The van der Waals surface area contributed by atoms with Crippen molar-refractivity contribution in [3.05, 3.63) is 211 Å². The van der Waals surface area contributed by atoms with E-state index in [1.165, 1.54) is 29.4 Å². The molecular weight excluding hydrogens is 960 g/mol. The topological polar surface area (TPSA) is 131 Å². The van der Waals surface area contributed by atoms with Crippen molar-refractivity contribution in [1.82, 2.24) is 0 Å². The molecule has 0 spiro atoms. The fourth-order valence-electron chi connectivity index (χ4n) is 8.37. The van der Waals surface area contributed by atoms with E-state index < -0.39 is 65.4 Å². The molecule has 0 amide bonds. The fraction of sp³-hybridized carbons (Fsp3) is 0.173. The van der Waals surface area contributed by atoms with Gasteiger partial charge in [-0.2, -0.15) is 0 Å². The van der Waals surface area contributed by atoms with Crippen LogP contribution in [0.1, 0.15) is 33.1 Å². The predicted octanol–water partition coefficient (Wildman–Crippen LogP) is 11.8. The lowest BCUT2D eigenvalue weighted by Gasteiger charge is -2.37. The number of carbonyl (C=O) groups is 1. The Balaban J connectivity index is 0.000000150. The van der Waals surface area contributed by atoms with E-state index in [0.717, 1.165) is 6.42 Å². The van der Waals surface area contributed by atoms with Crippen molar-refractivity contribution < 1.29 is 52.7 Å². The molecule has 2 bridgehead atoms. The van der Waals surface area contributed by atoms with Crippen LogP contribution in [0.5, 0.6) is 0 Å². The Bertz CT molecular complexity index is 2680. The summed E-state index contributed by atoms with van der Waals surface area (Å²) in [6.45, 7) is 3.83. The zero-order valence-corrected chi connectivity index (χ0v) is 39.9. The van der Waals surface area contributed by atoms with Gasteiger partial charge in [0, 0.05) is 11.8 Å². The molecule has 68 heavy (non-hydrogen) atoms. The monoisotopic (exact) mass is 1000 g/mol. The van der Waals surface area contributed by atoms with Gasteiger partial charge in [0.25, 0.3) is 0 Å². The van der Waals surface area contributed by atoms with Crippen LogP contribution in [0, 0.1) is 45.8 Å². The minimum atomic E-state index is -5.77. The Morgan fingerprint density at radius 3 is 0.956 bits per heavy atom. The number of fused-ring (bicyclic) bond motifs is 2. The maximum absolute atomic E-state index is 12.6. The fourth-order valence-corrected chi connectivity index (χ4v) is 14.5. The van der Waals surface area contributed by atoms with Crippen LogP contribution in [0.15, 0.2) is 216 Å². The minimum Gasteiger partial charge on any atom is -0.748 e. The van der Waals surface area contributed by atoms with Gasteiger partial charge in [0.05, 0.1) is 37.7 Å². The number of ketones is 1. The van der Waals surface area contributed by atoms with Crippen LogP contribution in [0.25, 0.3) is 0 Å². The van der Waals surface area contributed by atoms with E-state index in [2.05, 4.69) is 182 Å². The lowest BCUT2D eigenvalue weighted by Crippen LogP contribution is -2.42. The van der Waals surface area contributed by atoms with Crippen molar-refractivity contribution >= 4 is 47.8 Å². The average molecular weight is 1010 g/mol. The highest BCUT2D eigenvalue weighted by molar-refractivity contribution is 7.97. The van der Waals surface area contributed by atoms with E-state index in [0.29, 0.717) is 12.8 Å². The molecule has 0 heterocycles. The van der Waals surface area contributed by atoms with Gasteiger partial charge < -0.3 is 9.11 Å². The van der Waals surface area contributed by atoms with E-state index in [9.17, 15) is 52.7 Å². The van der Waals surface area contributed by atoms with Crippen molar-refractivity contribution in [3.8, 4) is 0 Å². The summed E-state index contributed by atoms with van der Waals surface area (Å²) in [5.74, 6) is -13.1. The quantitative estimate of drug-likeness (QED) is 0.0462. The molecule has 2 fully saturated rings. The number of benzene rings is 7. The summed E-state index contributed by atoms with van der Waals surface area (Å²) >= 11 is 0. The molecule has 0 N–H and O–H groups in total. The van der Waals surface area contributed by atoms with Crippen LogP contribution in [-0.4, -0.2) is 37.5 Å². The zero-order valence-electron chi connectivity index (χ0n) is 36.6. The van der Waals surface area contributed by atoms with Crippen LogP contribution < -0.4 is 0 Å². The lowest BCUT2D eigenvalue weighted by molar-refractivity contribution is -0.128. The van der Waals surface area contributed by atoms with Crippen LogP contribution in [0.3, 0.4) is 0 Å². The third-order valence-corrected chi connectivity index (χ3v) is 18.0. The molecule has 0 saturated heterocycles. The molecule has 0 radical (unpaired) electrons. The maximum atomic E-state index is 12.6. The Hall–Kier alpha value is -5.62. The lowest BCUT2D eigenvalue weighted by atomic mass is 9.70. The molecule has 354 valence electrons. The van der Waals surface area contributed by atoms with Gasteiger partial charge in [-0.25, -0.2) is 38.8 Å². The molecule has 0 aliphatic heterocycles. The molecule has 7 aromatic carbocycles. The average Bonchev–Trinajstić information content (AvgIpc) is 3.67. The van der Waals surface area contributed by atoms with Crippen LogP contribution in [-0.2, 0) is 46.8 Å². The first-order valence-corrected chi connectivity index (χ1v) is 26.4. The first-order chi connectivity index (χ1) is 32.3. The molecule has 2 aliphatic rings. The van der Waals surface area contributed by atoms with Gasteiger partial charge in [-0.05, 0) is 97.0 Å². The molecular formula is C52H45F5O7S4. The Kier molecular flexibility index (Phi) is 16.9. The van der Waals surface area contributed by atoms with E-state index in [4.69, 9.17) is 0 Å². The van der Waals surface area contributed by atoms with Gasteiger partial charge in [-0.15, -0.1) is 0 Å². The van der Waals surface area contributed by atoms with E-state index in [1.807, 2.05) is 13.8 Å². The summed E-state index contributed by atoms with van der Waals surface area (Å²) in [4.78, 5) is 17.6. The summed E-state index contributed by atoms with van der Waals surface area (Å²) in [5, 5.41) is 0. The molecule has 2 atom stereocenters. The van der Waals surface area contributed by atoms with Gasteiger partial charge in [0.1, 0.15) is 20.8 Å². The molecule has 2 unspecified atom stereocenters. The normalized spacial score (nSPS) is 17.0. The van der Waals surface area contributed by atoms with Gasteiger partial charge in [-0.1, -0.05) is 123 Å². The van der Waals surface area contributed by atoms with Crippen molar-refractivity contribution in [1.29, 1.82) is 0 Å². The van der Waals surface area contributed by atoms with Gasteiger partial charge in [0.2, 0.25) is 5.82 Å². The first kappa shape index (κ1) is 51.8. The SMILES string of the molecule is CC1(C)C2CCC1(CS(=O)(=O)[O-])C(=O)C2.O=S(=O)([O-])c1c(F)c(F)c(F)c(F)c1F.c1ccc([S+](c2ccccc2)c2ccccc2)cc1.c1ccc([S+](c2ccccc2)c2ccccc2)cc1. The minimum absolute atomic E-state index is 0.0146. The summed E-state index contributed by atoms with van der Waals surface area (Å²) in [6, 6.07) is 64.3. The van der Waals surface area contributed by atoms with E-state index in [-0.39, 0.29) is 38.9 Å². The van der Waals surface area contributed by atoms with Gasteiger partial charge in [-0.3, -0.25) is 4.79 Å². The molecule has 2 saturated carbocycles. The van der Waals surface area contributed by atoms with E-state index in [1.54, 1.807) is 0 Å². The standard InChI is InChI=1S/2C18H15S.C10H16O4S.C6HF5O3S/c2*1-4-10-16(11-5-1)19(17-12-6-2-7-13-17)18-14-8-3-9-15-18;1-9(2)7-3-4-10(9,8(11)5-7)6-15(12,13)14;7-1-2(8)4(10)6(15(12,13)14)5(11)3(1)9/h2*1-15H;7H,3-6H2,1-2H3,(H,12,13,14);(H,12,13,14)/q2*+1;;/p-2. The Labute approximate surface area is 399 Å². The number of Topliss-reactive ketones (excluding diaryl/α,β-unsaturated/α-hetero) is 1. The third kappa shape index (κ3) is 12.0. The second-order valence-corrected chi connectivity index (χ2v) is 23.0. The largest absolute Gasteiger partial charge is 0.748 e. The predicted molar refractivity (Wildman–Crippen MR) is 250 cm³/mol. The van der Waals surface area contributed by atoms with Crippen molar-refractivity contribution in [2.75, 3.05) is 5.75 Å². The maximum Gasteiger partial charge on any atom is 0.200 e. The number of halogens is 5. The van der Waals surface area contributed by atoms with Crippen molar-refractivity contribution in [2.24, 2.45) is 16.7 Å². The summed E-state index contributed by atoms with van der Waals surface area (Å²) < 4.78 is 126. The summed E-state index contributed by atoms with van der Waals surface area (Å²) in [7, 11) is -10.1. The molecule has 7 nitrogen and oxygen atoms in total. The molecule has 7 aromatic rings. The molecule has 0 aromatic heterocycles. The first-order valence-electron chi connectivity index (χ1n) is 21.0. The van der Waals surface area contributed by atoms with Crippen molar-refractivity contribution in [2.45, 2.75) is 67.4 Å². The third-order valence-electron chi connectivity index (χ3n) is 11.9. The summed E-state index contributed by atoms with van der Waals surface area (Å²) in [6.07, 6.45) is 1.88. The molecule has 2 aliphatic carbocycles. The molecule has 9 rings (SSSR count).